The Kier molecular flexibility index (Phi) is 5.34. The molecule has 1 aromatic carbocycles. The van der Waals surface area contributed by atoms with Crippen molar-refractivity contribution in [1.29, 1.82) is 0 Å². The lowest BCUT2D eigenvalue weighted by Gasteiger charge is -2.10. The van der Waals surface area contributed by atoms with Crippen LogP contribution in [-0.2, 0) is 13.1 Å². The van der Waals surface area contributed by atoms with Crippen LogP contribution >= 0.6 is 0 Å². The van der Waals surface area contributed by atoms with E-state index in [4.69, 9.17) is 4.42 Å². The van der Waals surface area contributed by atoms with Crippen LogP contribution in [0.2, 0.25) is 0 Å². The minimum Gasteiger partial charge on any atom is -0.408 e. The summed E-state index contributed by atoms with van der Waals surface area (Å²) in [5, 5.41) is 9.77. The van der Waals surface area contributed by atoms with Gasteiger partial charge in [0.25, 0.3) is 11.8 Å². The molecule has 0 radical (unpaired) electrons. The number of H-pyrrole nitrogens is 1. The summed E-state index contributed by atoms with van der Waals surface area (Å²) in [7, 11) is 0. The summed E-state index contributed by atoms with van der Waals surface area (Å²) >= 11 is 0. The molecule has 3 N–H and O–H groups in total. The molecule has 11 nitrogen and oxygen atoms in total. The first-order chi connectivity index (χ1) is 16.5. The maximum absolute atomic E-state index is 12.9. The highest BCUT2D eigenvalue weighted by Gasteiger charge is 2.17. The Morgan fingerprint density at radius 1 is 1.00 bits per heavy atom. The molecule has 5 aromatic rings. The second-order valence-corrected chi connectivity index (χ2v) is 7.64. The number of aromatic nitrogens is 5. The predicted molar refractivity (Wildman–Crippen MR) is 121 cm³/mol. The third kappa shape index (κ3) is 4.26. The van der Waals surface area contributed by atoms with Crippen molar-refractivity contribution in [2.75, 3.05) is 0 Å². The van der Waals surface area contributed by atoms with Gasteiger partial charge in [-0.15, -0.1) is 0 Å². The molecular weight excluding hydrogens is 438 g/mol. The fourth-order valence-corrected chi connectivity index (χ4v) is 3.56. The minimum atomic E-state index is -0.542. The van der Waals surface area contributed by atoms with Gasteiger partial charge in [-0.1, -0.05) is 6.07 Å². The van der Waals surface area contributed by atoms with Crippen LogP contribution < -0.4 is 16.4 Å². The summed E-state index contributed by atoms with van der Waals surface area (Å²) in [5.74, 6) is -1.39. The number of carbonyl (C=O) groups is 2. The number of fused-ring (bicyclic) bond motifs is 2. The molecule has 0 saturated carbocycles. The number of hydrogen-bond donors (Lipinski definition) is 3. The van der Waals surface area contributed by atoms with Gasteiger partial charge in [-0.3, -0.25) is 19.6 Å². The summed E-state index contributed by atoms with van der Waals surface area (Å²) < 4.78 is 6.36. The molecule has 4 heterocycles. The van der Waals surface area contributed by atoms with Crippen molar-refractivity contribution < 1.29 is 14.0 Å². The monoisotopic (exact) mass is 457 g/mol. The molecular formula is C23H19N7O4. The van der Waals surface area contributed by atoms with Crippen LogP contribution in [-0.4, -0.2) is 36.4 Å². The van der Waals surface area contributed by atoms with E-state index in [1.54, 1.807) is 30.5 Å². The molecule has 0 bridgehead atoms. The van der Waals surface area contributed by atoms with Crippen LogP contribution in [0.5, 0.6) is 0 Å². The van der Waals surface area contributed by atoms with Gasteiger partial charge in [0.05, 0.1) is 11.7 Å². The summed E-state index contributed by atoms with van der Waals surface area (Å²) in [6.07, 6.45) is 3.19. The van der Waals surface area contributed by atoms with E-state index >= 15 is 0 Å². The molecule has 4 aromatic heterocycles. The highest BCUT2D eigenvalue weighted by Crippen LogP contribution is 2.13. The minimum absolute atomic E-state index is 0.0794. The first kappa shape index (κ1) is 21.1. The Hall–Kier alpha value is -4.80. The van der Waals surface area contributed by atoms with Crippen molar-refractivity contribution in [2.24, 2.45) is 0 Å². The zero-order valence-corrected chi connectivity index (χ0v) is 18.0. The van der Waals surface area contributed by atoms with E-state index in [0.717, 1.165) is 16.8 Å². The Bertz CT molecular complexity index is 1600. The number of rotatable bonds is 6. The van der Waals surface area contributed by atoms with Crippen molar-refractivity contribution >= 4 is 28.6 Å². The zero-order valence-electron chi connectivity index (χ0n) is 18.0. The van der Waals surface area contributed by atoms with Crippen LogP contribution in [0.1, 0.15) is 37.8 Å². The lowest BCUT2D eigenvalue weighted by atomic mass is 10.2. The van der Waals surface area contributed by atoms with Crippen LogP contribution in [0.15, 0.2) is 64.1 Å². The summed E-state index contributed by atoms with van der Waals surface area (Å²) in [5.41, 5.74) is 4.12. The van der Waals surface area contributed by atoms with E-state index in [2.05, 4.69) is 30.7 Å². The highest BCUT2D eigenvalue weighted by atomic mass is 16.4. The quantitative estimate of drug-likeness (QED) is 0.352. The number of nitrogens with one attached hydrogen (secondary N) is 3. The maximum atomic E-state index is 12.9. The number of benzene rings is 1. The first-order valence-electron chi connectivity index (χ1n) is 10.4. The molecule has 34 heavy (non-hydrogen) atoms. The van der Waals surface area contributed by atoms with Gasteiger partial charge in [0, 0.05) is 37.1 Å². The highest BCUT2D eigenvalue weighted by molar-refractivity contribution is 5.98. The molecule has 5 rings (SSSR count). The van der Waals surface area contributed by atoms with Gasteiger partial charge in [-0.25, -0.2) is 14.3 Å². The number of hydrogen-bond acceptors (Lipinski definition) is 7. The van der Waals surface area contributed by atoms with Gasteiger partial charge in [-0.2, -0.15) is 5.10 Å². The van der Waals surface area contributed by atoms with E-state index in [1.807, 2.05) is 19.1 Å². The molecule has 11 heteroatoms. The smallest absolute Gasteiger partial charge is 0.408 e. The number of aryl methyl sites for hydroxylation is 1. The molecule has 0 aliphatic carbocycles. The van der Waals surface area contributed by atoms with Crippen LogP contribution in [0, 0.1) is 6.92 Å². The molecule has 0 aliphatic heterocycles. The lowest BCUT2D eigenvalue weighted by molar-refractivity contribution is 0.0942. The predicted octanol–water partition coefficient (Wildman–Crippen LogP) is 1.73. The Morgan fingerprint density at radius 2 is 1.79 bits per heavy atom. The van der Waals surface area contributed by atoms with Gasteiger partial charge in [0.1, 0.15) is 11.4 Å². The summed E-state index contributed by atoms with van der Waals surface area (Å²) in [6.45, 7) is 2.36. The Morgan fingerprint density at radius 3 is 2.62 bits per heavy atom. The number of oxazole rings is 1. The Balaban J connectivity index is 1.34. The van der Waals surface area contributed by atoms with E-state index in [0.29, 0.717) is 23.3 Å². The fourth-order valence-electron chi connectivity index (χ4n) is 3.56. The SMILES string of the molecule is Cc1cc(CNC(=O)c2cc(C(=O)NCc3ccc4oc(=O)[nH]c4c3)nc3ccnn23)ccn1. The number of pyridine rings is 1. The van der Waals surface area contributed by atoms with Gasteiger partial charge < -0.3 is 15.1 Å². The summed E-state index contributed by atoms with van der Waals surface area (Å²) in [6, 6.07) is 11.8. The normalized spacial score (nSPS) is 11.1. The van der Waals surface area contributed by atoms with Crippen LogP contribution in [0.3, 0.4) is 0 Å². The molecule has 2 amide bonds. The first-order valence-corrected chi connectivity index (χ1v) is 10.4. The van der Waals surface area contributed by atoms with Gasteiger partial charge in [-0.05, 0) is 42.3 Å². The zero-order chi connectivity index (χ0) is 23.7. The van der Waals surface area contributed by atoms with E-state index in [1.165, 1.54) is 16.8 Å². The average molecular weight is 457 g/mol. The number of amides is 2. The second kappa shape index (κ2) is 8.62. The maximum Gasteiger partial charge on any atom is 0.417 e. The molecule has 0 fully saturated rings. The molecule has 0 saturated heterocycles. The summed E-state index contributed by atoms with van der Waals surface area (Å²) in [4.78, 5) is 48.1. The number of carbonyl (C=O) groups excluding carboxylic acids is 2. The lowest BCUT2D eigenvalue weighted by Crippen LogP contribution is -2.28. The third-order valence-electron chi connectivity index (χ3n) is 5.18. The average Bonchev–Trinajstić information content (AvgIpc) is 3.45. The second-order valence-electron chi connectivity index (χ2n) is 7.64. The van der Waals surface area contributed by atoms with Gasteiger partial charge in [0.2, 0.25) is 0 Å². The molecule has 0 aliphatic rings. The van der Waals surface area contributed by atoms with E-state index in [9.17, 15) is 14.4 Å². The third-order valence-corrected chi connectivity index (χ3v) is 5.18. The van der Waals surface area contributed by atoms with E-state index < -0.39 is 17.6 Å². The number of aromatic amines is 1. The Labute approximate surface area is 191 Å². The molecule has 0 unspecified atom stereocenters. The molecule has 170 valence electrons. The van der Waals surface area contributed by atoms with Crippen molar-refractivity contribution in [3.63, 3.8) is 0 Å². The molecule has 0 spiro atoms. The van der Waals surface area contributed by atoms with Crippen molar-refractivity contribution in [2.45, 2.75) is 20.0 Å². The topological polar surface area (TPSA) is 147 Å². The largest absolute Gasteiger partial charge is 0.417 e. The number of nitrogens with zero attached hydrogens (tertiary/aromatic N) is 4. The molecule has 0 atom stereocenters. The van der Waals surface area contributed by atoms with Crippen molar-refractivity contribution in [1.82, 2.24) is 35.2 Å². The van der Waals surface area contributed by atoms with Gasteiger partial charge in [0.15, 0.2) is 11.2 Å². The fraction of sp³-hybridized carbons (Fsp3) is 0.130. The van der Waals surface area contributed by atoms with Gasteiger partial charge >= 0.3 is 5.76 Å². The van der Waals surface area contributed by atoms with Crippen LogP contribution in [0.4, 0.5) is 0 Å². The van der Waals surface area contributed by atoms with Crippen molar-refractivity contribution in [3.8, 4) is 0 Å². The van der Waals surface area contributed by atoms with Crippen molar-refractivity contribution in [3.05, 3.63) is 93.6 Å². The van der Waals surface area contributed by atoms with Crippen LogP contribution in [0.25, 0.3) is 16.7 Å². The van der Waals surface area contributed by atoms with E-state index in [-0.39, 0.29) is 17.9 Å². The standard InChI is InChI=1S/C23H19N7O4/c1-13-8-15(4-6-24-13)12-26-22(32)18-10-17(28-20-5-7-27-30(18)20)21(31)25-11-14-2-3-19-16(9-14)29-23(33)34-19/h2-10H,11-12H2,1H3,(H,25,31)(H,26,32)(H,29,33).